The van der Waals surface area contributed by atoms with Crippen LogP contribution in [0.25, 0.3) is 0 Å². The molecule has 0 bridgehead atoms. The number of ether oxygens (including phenoxy) is 2. The SMILES string of the molecule is C[C@@H]1CN([C@H](C)CO)C(=O)c2cc(NS(C)(=O)=O)ccc2O[C@@H](C)CCCCO[C@@H]1CN(C)C(=O)c1ccncc1. The van der Waals surface area contributed by atoms with Gasteiger partial charge < -0.3 is 24.4 Å². The zero-order valence-electron chi connectivity index (χ0n) is 24.4. The Labute approximate surface area is 242 Å². The minimum Gasteiger partial charge on any atom is -0.490 e. The van der Waals surface area contributed by atoms with Crippen LogP contribution < -0.4 is 9.46 Å². The number of likely N-dealkylation sites (N-methyl/N-ethyl adjacent to an activating group) is 1. The summed E-state index contributed by atoms with van der Waals surface area (Å²) in [5.74, 6) is -0.444. The second kappa shape index (κ2) is 14.6. The number of pyridine rings is 1. The van der Waals surface area contributed by atoms with Gasteiger partial charge in [-0.25, -0.2) is 8.42 Å². The highest BCUT2D eigenvalue weighted by Crippen LogP contribution is 2.29. The predicted octanol–water partition coefficient (Wildman–Crippen LogP) is 3.02. The molecule has 41 heavy (non-hydrogen) atoms. The number of fused-ring (bicyclic) bond motifs is 1. The minimum absolute atomic E-state index is 0.162. The van der Waals surface area contributed by atoms with Crippen LogP contribution >= 0.6 is 0 Å². The van der Waals surface area contributed by atoms with Crippen molar-refractivity contribution in [3.8, 4) is 5.75 Å². The van der Waals surface area contributed by atoms with Crippen molar-refractivity contribution in [2.24, 2.45) is 5.92 Å². The third-order valence-corrected chi connectivity index (χ3v) is 7.69. The number of carbonyl (C=O) groups excluding carboxylic acids is 2. The van der Waals surface area contributed by atoms with E-state index in [0.29, 0.717) is 24.5 Å². The molecule has 2 amide bonds. The first-order chi connectivity index (χ1) is 19.4. The van der Waals surface area contributed by atoms with Crippen LogP contribution in [0, 0.1) is 5.92 Å². The zero-order chi connectivity index (χ0) is 30.2. The maximum atomic E-state index is 14.0. The van der Waals surface area contributed by atoms with Crippen LogP contribution in [0.2, 0.25) is 0 Å². The van der Waals surface area contributed by atoms with E-state index in [-0.39, 0.29) is 48.4 Å². The monoisotopic (exact) mass is 590 g/mol. The fraction of sp³-hybridized carbons (Fsp3) is 0.552. The standard InChI is InChI=1S/C29H42N4O7S/c1-20-17-33(21(2)19-34)29(36)25-16-24(31-41(5,37)38)9-10-26(25)40-22(3)8-6-7-15-39-27(20)18-32(4)28(35)23-11-13-30-14-12-23/h9-14,16,20-22,27,31,34H,6-8,15,17-19H2,1-5H3/t20-,21-,22+,27-/m1/s1. The molecule has 3 rings (SSSR count). The second-order valence-electron chi connectivity index (χ2n) is 10.8. The lowest BCUT2D eigenvalue weighted by molar-refractivity contribution is -0.0149. The van der Waals surface area contributed by atoms with Crippen molar-refractivity contribution in [2.75, 3.05) is 44.3 Å². The highest BCUT2D eigenvalue weighted by molar-refractivity contribution is 7.92. The molecule has 0 aliphatic carbocycles. The topological polar surface area (TPSA) is 138 Å². The normalized spacial score (nSPS) is 21.7. The van der Waals surface area contributed by atoms with Gasteiger partial charge in [0, 0.05) is 56.3 Å². The quantitative estimate of drug-likeness (QED) is 0.502. The van der Waals surface area contributed by atoms with E-state index < -0.39 is 22.0 Å². The fourth-order valence-electron chi connectivity index (χ4n) is 4.73. The van der Waals surface area contributed by atoms with Crippen LogP contribution in [0.5, 0.6) is 5.75 Å². The van der Waals surface area contributed by atoms with Crippen molar-refractivity contribution in [3.63, 3.8) is 0 Å². The third kappa shape index (κ3) is 9.40. The van der Waals surface area contributed by atoms with E-state index in [1.54, 1.807) is 60.4 Å². The summed E-state index contributed by atoms with van der Waals surface area (Å²) in [6.45, 7) is 6.34. The number of aliphatic hydroxyl groups is 1. The average Bonchev–Trinajstić information content (AvgIpc) is 2.93. The summed E-state index contributed by atoms with van der Waals surface area (Å²) in [5, 5.41) is 10.1. The van der Waals surface area contributed by atoms with Crippen LogP contribution in [-0.2, 0) is 14.8 Å². The van der Waals surface area contributed by atoms with Gasteiger partial charge in [-0.2, -0.15) is 0 Å². The molecule has 0 saturated heterocycles. The average molecular weight is 591 g/mol. The number of sulfonamides is 1. The summed E-state index contributed by atoms with van der Waals surface area (Å²) in [5.41, 5.74) is 0.947. The highest BCUT2D eigenvalue weighted by Gasteiger charge is 2.31. The fourth-order valence-corrected chi connectivity index (χ4v) is 5.29. The molecule has 4 atom stereocenters. The maximum Gasteiger partial charge on any atom is 0.258 e. The van der Waals surface area contributed by atoms with Gasteiger partial charge in [0.2, 0.25) is 10.0 Å². The molecule has 11 nitrogen and oxygen atoms in total. The van der Waals surface area contributed by atoms with E-state index in [9.17, 15) is 23.1 Å². The van der Waals surface area contributed by atoms with E-state index in [2.05, 4.69) is 9.71 Å². The van der Waals surface area contributed by atoms with Crippen molar-refractivity contribution in [1.82, 2.24) is 14.8 Å². The highest BCUT2D eigenvalue weighted by atomic mass is 32.2. The number of benzene rings is 1. The number of rotatable bonds is 7. The molecule has 0 saturated carbocycles. The number of anilines is 1. The number of aliphatic hydroxyl groups excluding tert-OH is 1. The van der Waals surface area contributed by atoms with Gasteiger partial charge >= 0.3 is 0 Å². The molecule has 0 radical (unpaired) electrons. The van der Waals surface area contributed by atoms with Crippen LogP contribution in [0.3, 0.4) is 0 Å². The Morgan fingerprint density at radius 3 is 2.59 bits per heavy atom. The van der Waals surface area contributed by atoms with E-state index in [4.69, 9.17) is 9.47 Å². The third-order valence-electron chi connectivity index (χ3n) is 7.08. The van der Waals surface area contributed by atoms with Gasteiger partial charge in [-0.1, -0.05) is 6.92 Å². The molecule has 0 fully saturated rings. The van der Waals surface area contributed by atoms with Crippen LogP contribution in [-0.4, -0.2) is 98.0 Å². The molecule has 2 aromatic rings. The van der Waals surface area contributed by atoms with Crippen LogP contribution in [0.4, 0.5) is 5.69 Å². The van der Waals surface area contributed by atoms with E-state index in [1.165, 1.54) is 6.07 Å². The summed E-state index contributed by atoms with van der Waals surface area (Å²) in [7, 11) is -1.86. The summed E-state index contributed by atoms with van der Waals surface area (Å²) in [6.07, 6.45) is 5.93. The van der Waals surface area contributed by atoms with E-state index >= 15 is 0 Å². The smallest absolute Gasteiger partial charge is 0.258 e. The Kier molecular flexibility index (Phi) is 11.5. The van der Waals surface area contributed by atoms with Crippen molar-refractivity contribution in [2.45, 2.75) is 58.3 Å². The van der Waals surface area contributed by atoms with Gasteiger partial charge in [-0.05, 0) is 63.4 Å². The van der Waals surface area contributed by atoms with E-state index in [0.717, 1.165) is 25.5 Å². The number of hydrogen-bond donors (Lipinski definition) is 2. The molecule has 1 aliphatic heterocycles. The van der Waals surface area contributed by atoms with Crippen molar-refractivity contribution < 1.29 is 32.6 Å². The summed E-state index contributed by atoms with van der Waals surface area (Å²) in [4.78, 5) is 34.2. The lowest BCUT2D eigenvalue weighted by Gasteiger charge is -2.36. The van der Waals surface area contributed by atoms with Gasteiger partial charge in [-0.15, -0.1) is 0 Å². The zero-order valence-corrected chi connectivity index (χ0v) is 25.3. The lowest BCUT2D eigenvalue weighted by atomic mass is 10.0. The molecule has 1 aromatic carbocycles. The van der Waals surface area contributed by atoms with Gasteiger partial charge in [-0.3, -0.25) is 19.3 Å². The van der Waals surface area contributed by atoms with Crippen LogP contribution in [0.1, 0.15) is 60.7 Å². The summed E-state index contributed by atoms with van der Waals surface area (Å²) >= 11 is 0. The van der Waals surface area contributed by atoms with Gasteiger partial charge in [0.15, 0.2) is 0 Å². The molecule has 12 heteroatoms. The summed E-state index contributed by atoms with van der Waals surface area (Å²) < 4.78 is 38.7. The predicted molar refractivity (Wildman–Crippen MR) is 157 cm³/mol. The Morgan fingerprint density at radius 1 is 1.22 bits per heavy atom. The van der Waals surface area contributed by atoms with Gasteiger partial charge in [0.05, 0.1) is 36.7 Å². The Morgan fingerprint density at radius 2 is 1.93 bits per heavy atom. The molecule has 226 valence electrons. The first-order valence-electron chi connectivity index (χ1n) is 13.9. The molecule has 2 heterocycles. The van der Waals surface area contributed by atoms with Crippen LogP contribution in [0.15, 0.2) is 42.7 Å². The molecule has 0 unspecified atom stereocenters. The number of aromatic nitrogens is 1. The number of nitrogens with zero attached hydrogens (tertiary/aromatic N) is 3. The number of amides is 2. The molecule has 1 aliphatic rings. The Balaban J connectivity index is 1.95. The molecule has 2 N–H and O–H groups in total. The second-order valence-corrected chi connectivity index (χ2v) is 12.6. The lowest BCUT2D eigenvalue weighted by Crippen LogP contribution is -2.48. The first-order valence-corrected chi connectivity index (χ1v) is 15.8. The Hall–Kier alpha value is -3.22. The molecule has 1 aromatic heterocycles. The number of carbonyl (C=O) groups is 2. The van der Waals surface area contributed by atoms with Crippen molar-refractivity contribution in [1.29, 1.82) is 0 Å². The molecule has 0 spiro atoms. The van der Waals surface area contributed by atoms with E-state index in [1.807, 2.05) is 13.8 Å². The van der Waals surface area contributed by atoms with Gasteiger partial charge in [0.25, 0.3) is 11.8 Å². The number of hydrogen-bond acceptors (Lipinski definition) is 8. The number of nitrogens with one attached hydrogen (secondary N) is 1. The minimum atomic E-state index is -3.58. The van der Waals surface area contributed by atoms with Crippen molar-refractivity contribution >= 4 is 27.5 Å². The van der Waals surface area contributed by atoms with Crippen molar-refractivity contribution in [3.05, 3.63) is 53.9 Å². The molecular weight excluding hydrogens is 548 g/mol. The summed E-state index contributed by atoms with van der Waals surface area (Å²) in [6, 6.07) is 7.40. The largest absolute Gasteiger partial charge is 0.490 e. The maximum absolute atomic E-state index is 14.0. The van der Waals surface area contributed by atoms with Gasteiger partial charge in [0.1, 0.15) is 5.75 Å². The first kappa shape index (κ1) is 32.3. The Bertz CT molecular complexity index is 1280. The molecular formula is C29H42N4O7S.